The summed E-state index contributed by atoms with van der Waals surface area (Å²) in [6, 6.07) is 7.86. The lowest BCUT2D eigenvalue weighted by Gasteiger charge is -2.20. The van der Waals surface area contributed by atoms with Gasteiger partial charge in [-0.15, -0.1) is 0 Å². The molecule has 2 aromatic rings. The van der Waals surface area contributed by atoms with E-state index in [0.29, 0.717) is 12.7 Å². The third kappa shape index (κ3) is 8.13. The van der Waals surface area contributed by atoms with E-state index in [-0.39, 0.29) is 47.0 Å². The van der Waals surface area contributed by atoms with E-state index in [1.54, 1.807) is 12.1 Å². The lowest BCUT2D eigenvalue weighted by Crippen LogP contribution is -2.37. The number of aliphatic hydroxyl groups is 2. The molecule has 2 aromatic carbocycles. The first kappa shape index (κ1) is 31.0. The summed E-state index contributed by atoms with van der Waals surface area (Å²) in [5.41, 5.74) is -2.82. The lowest BCUT2D eigenvalue weighted by molar-refractivity contribution is -0.137. The first-order chi connectivity index (χ1) is 17.9. The molecule has 0 bridgehead atoms. The summed E-state index contributed by atoms with van der Waals surface area (Å²) in [6.45, 7) is 2.15. The third-order valence-electron chi connectivity index (χ3n) is 5.62. The highest BCUT2D eigenvalue weighted by molar-refractivity contribution is 7.82. The molecule has 0 aliphatic carbocycles. The Morgan fingerprint density at radius 2 is 1.84 bits per heavy atom. The Morgan fingerprint density at radius 1 is 1.16 bits per heavy atom. The number of aromatic hydroxyl groups is 1. The van der Waals surface area contributed by atoms with Gasteiger partial charge in [-0.25, -0.2) is 12.9 Å². The van der Waals surface area contributed by atoms with Gasteiger partial charge in [0.1, 0.15) is 34.5 Å². The number of hydrogen-bond acceptors (Lipinski definition) is 7. The number of phenolic OH excluding ortho intramolecular Hbond substituents is 1. The molecule has 2 unspecified atom stereocenters. The highest BCUT2D eigenvalue weighted by atomic mass is 32.2. The Kier molecular flexibility index (Phi) is 11.0. The summed E-state index contributed by atoms with van der Waals surface area (Å²) < 4.78 is 69.9. The summed E-state index contributed by atoms with van der Waals surface area (Å²) >= 11 is 0. The molecule has 0 amide bonds. The average Bonchev–Trinajstić information content (AvgIpc) is 3.29. The van der Waals surface area contributed by atoms with Crippen molar-refractivity contribution in [2.24, 2.45) is 0 Å². The Labute approximate surface area is 219 Å². The molecule has 2 atom stereocenters. The quantitative estimate of drug-likeness (QED) is 0.330. The van der Waals surface area contributed by atoms with Gasteiger partial charge in [-0.05, 0) is 31.0 Å². The highest BCUT2D eigenvalue weighted by Crippen LogP contribution is 2.33. The fraction of sp³-hybridized carbons (Fsp3) is 0.440. The maximum atomic E-state index is 13.0. The minimum absolute atomic E-state index is 0.0438. The van der Waals surface area contributed by atoms with Crippen LogP contribution in [0.25, 0.3) is 0 Å². The number of hydrogen-bond donors (Lipinski definition) is 3. The van der Waals surface area contributed by atoms with E-state index in [4.69, 9.17) is 20.4 Å². The zero-order chi connectivity index (χ0) is 28.5. The SMILES string of the molecule is CCCCCOc1cc(C#N)c(F)cc1O.N#Cc1cc(C(F)(F)F)ccc1S(=O)N1CCC(O)(CO)C1. The van der Waals surface area contributed by atoms with E-state index in [1.165, 1.54) is 10.4 Å². The van der Waals surface area contributed by atoms with Crippen molar-refractivity contribution < 1.29 is 41.8 Å². The number of rotatable bonds is 8. The second-order valence-electron chi connectivity index (χ2n) is 8.53. The van der Waals surface area contributed by atoms with E-state index >= 15 is 0 Å². The van der Waals surface area contributed by atoms with Gasteiger partial charge < -0.3 is 20.1 Å². The van der Waals surface area contributed by atoms with Crippen LogP contribution in [0.2, 0.25) is 0 Å². The van der Waals surface area contributed by atoms with Crippen molar-refractivity contribution in [1.82, 2.24) is 4.31 Å². The maximum absolute atomic E-state index is 13.0. The Balaban J connectivity index is 0.000000281. The molecule has 1 heterocycles. The molecule has 1 fully saturated rings. The van der Waals surface area contributed by atoms with E-state index in [1.807, 2.05) is 0 Å². The molecule has 1 aliphatic heterocycles. The van der Waals surface area contributed by atoms with Crippen molar-refractivity contribution in [3.63, 3.8) is 0 Å². The first-order valence-electron chi connectivity index (χ1n) is 11.6. The molecule has 0 spiro atoms. The smallest absolute Gasteiger partial charge is 0.416 e. The molecule has 3 rings (SSSR count). The minimum atomic E-state index is -4.59. The van der Waals surface area contributed by atoms with Gasteiger partial charge in [-0.3, -0.25) is 0 Å². The molecule has 0 saturated carbocycles. The zero-order valence-electron chi connectivity index (χ0n) is 20.5. The molecule has 8 nitrogen and oxygen atoms in total. The van der Waals surface area contributed by atoms with Gasteiger partial charge in [0.2, 0.25) is 0 Å². The molecule has 1 aliphatic rings. The monoisotopic (exact) mass is 557 g/mol. The molecule has 0 aromatic heterocycles. The number of aliphatic hydroxyl groups excluding tert-OH is 1. The molecule has 0 radical (unpaired) electrons. The van der Waals surface area contributed by atoms with E-state index < -0.39 is 40.8 Å². The van der Waals surface area contributed by atoms with E-state index in [2.05, 4.69) is 6.92 Å². The van der Waals surface area contributed by atoms with Crippen molar-refractivity contribution in [2.45, 2.75) is 49.3 Å². The Morgan fingerprint density at radius 3 is 2.39 bits per heavy atom. The van der Waals surface area contributed by atoms with Gasteiger partial charge in [0, 0.05) is 25.2 Å². The summed E-state index contributed by atoms with van der Waals surface area (Å²) in [5.74, 6) is -0.844. The molecule has 1 saturated heterocycles. The maximum Gasteiger partial charge on any atom is 0.416 e. The summed E-state index contributed by atoms with van der Waals surface area (Å²) in [5, 5.41) is 46.0. The number of benzene rings is 2. The van der Waals surface area contributed by atoms with E-state index in [0.717, 1.165) is 37.5 Å². The highest BCUT2D eigenvalue weighted by Gasteiger charge is 2.39. The van der Waals surface area contributed by atoms with Crippen LogP contribution in [0.1, 0.15) is 49.3 Å². The van der Waals surface area contributed by atoms with Crippen molar-refractivity contribution >= 4 is 11.0 Å². The van der Waals surface area contributed by atoms with Crippen LogP contribution in [-0.4, -0.2) is 55.7 Å². The fourth-order valence-electron chi connectivity index (χ4n) is 3.45. The predicted molar refractivity (Wildman–Crippen MR) is 129 cm³/mol. The number of halogens is 4. The van der Waals surface area contributed by atoms with Crippen molar-refractivity contribution in [1.29, 1.82) is 10.5 Å². The van der Waals surface area contributed by atoms with Crippen LogP contribution in [0.15, 0.2) is 35.2 Å². The molecule has 206 valence electrons. The van der Waals surface area contributed by atoms with Gasteiger partial charge >= 0.3 is 6.18 Å². The zero-order valence-corrected chi connectivity index (χ0v) is 21.3. The molecular formula is C25H27F4N3O5S. The second-order valence-corrected chi connectivity index (χ2v) is 9.99. The number of ether oxygens (including phenoxy) is 1. The average molecular weight is 558 g/mol. The summed E-state index contributed by atoms with van der Waals surface area (Å²) in [4.78, 5) is -0.0438. The van der Waals surface area contributed by atoms with Crippen LogP contribution in [0.5, 0.6) is 11.5 Å². The standard InChI is InChI=1S/C13H13F3N2O3S.C12H14FNO2/c14-13(15,16)10-1-2-11(9(5-10)6-17)22(21)18-4-3-12(20,7-18)8-19;1-2-3-4-5-16-12-6-9(8-14)10(13)7-11(12)15/h1-2,5,19-20H,3-4,7-8H2;6-7,15H,2-5H2,1H3. The van der Waals surface area contributed by atoms with Crippen molar-refractivity contribution in [3.05, 3.63) is 52.8 Å². The van der Waals surface area contributed by atoms with Crippen LogP contribution in [-0.2, 0) is 17.2 Å². The van der Waals surface area contributed by atoms with Crippen LogP contribution in [0.4, 0.5) is 17.6 Å². The largest absolute Gasteiger partial charge is 0.504 e. The lowest BCUT2D eigenvalue weighted by atomic mass is 10.1. The van der Waals surface area contributed by atoms with Crippen LogP contribution in [0.3, 0.4) is 0 Å². The van der Waals surface area contributed by atoms with Gasteiger partial charge in [-0.1, -0.05) is 19.8 Å². The molecule has 3 N–H and O–H groups in total. The summed E-state index contributed by atoms with van der Waals surface area (Å²) in [6.07, 6.45) is -1.42. The summed E-state index contributed by atoms with van der Waals surface area (Å²) in [7, 11) is -1.88. The second kappa shape index (κ2) is 13.5. The van der Waals surface area contributed by atoms with E-state index in [9.17, 15) is 32.0 Å². The van der Waals surface area contributed by atoms with Crippen LogP contribution in [0, 0.1) is 28.5 Å². The number of β-amino-alcohol motifs (C(OH)–C–C–N with tert-alkyl or cyclic N) is 1. The number of unbranched alkanes of at least 4 members (excludes halogenated alkanes) is 2. The number of phenols is 1. The topological polar surface area (TPSA) is 138 Å². The predicted octanol–water partition coefficient (Wildman–Crippen LogP) is 4.00. The first-order valence-corrected chi connectivity index (χ1v) is 12.7. The van der Waals surface area contributed by atoms with Gasteiger partial charge in [-0.2, -0.15) is 23.7 Å². The third-order valence-corrected chi connectivity index (χ3v) is 7.13. The van der Waals surface area contributed by atoms with Gasteiger partial charge in [0.05, 0.1) is 34.8 Å². The van der Waals surface area contributed by atoms with Crippen LogP contribution < -0.4 is 4.74 Å². The fourth-order valence-corrected chi connectivity index (χ4v) is 4.82. The number of alkyl halides is 3. The minimum Gasteiger partial charge on any atom is -0.504 e. The van der Waals surface area contributed by atoms with Gasteiger partial charge in [0.25, 0.3) is 0 Å². The Hall–Kier alpha value is -3.23. The number of nitrogens with zero attached hydrogens (tertiary/aromatic N) is 3. The molecule has 13 heteroatoms. The number of nitriles is 2. The van der Waals surface area contributed by atoms with Crippen molar-refractivity contribution in [2.75, 3.05) is 26.3 Å². The molecule has 38 heavy (non-hydrogen) atoms. The normalized spacial score (nSPS) is 18.1. The van der Waals surface area contributed by atoms with Crippen molar-refractivity contribution in [3.8, 4) is 23.6 Å². The molecular weight excluding hydrogens is 530 g/mol. The Bertz CT molecular complexity index is 1230. The van der Waals surface area contributed by atoms with Crippen LogP contribution >= 0.6 is 0 Å². The van der Waals surface area contributed by atoms with Gasteiger partial charge in [0.15, 0.2) is 11.5 Å².